The molecular weight excluding hydrogens is 829 g/mol. The molecule has 3 aliphatic rings. The summed E-state index contributed by atoms with van der Waals surface area (Å²) in [6, 6.07) is 8.45. The number of hydrogen-bond acceptors (Lipinski definition) is 5. The zero-order chi connectivity index (χ0) is 41.8. The van der Waals surface area contributed by atoms with Crippen LogP contribution in [-0.4, -0.2) is 73.7 Å². The van der Waals surface area contributed by atoms with Crippen LogP contribution in [0, 0.1) is 5.92 Å². The molecule has 0 radical (unpaired) electrons. The zero-order valence-corrected chi connectivity index (χ0v) is 42.6. The molecular formula is C49H87NO5SiSn. The standard InChI is InChI=1S/C31H54NO5Si.3C6H11.Sn/c1-23(2)32(24(3)4)30(33)35-20-19-25(5)13-18-29(26(6)21-37-38(11,12)31(7,8)9)36-22-27-14-16-28(34-10)17-15-27;3*1-2-4-6-5-3-1;/h14-17,20,23-24,26,29H,5,13,18-19,21-22H2,1-4,6-12H3;3*1H,2-6H2;/t26-,29-;;;;/m0..../s1. The molecule has 0 bridgehead atoms. The summed E-state index contributed by atoms with van der Waals surface area (Å²) < 4.78 is 28.8. The molecule has 57 heavy (non-hydrogen) atoms. The van der Waals surface area contributed by atoms with Crippen molar-refractivity contribution in [3.8, 4) is 5.75 Å². The summed E-state index contributed by atoms with van der Waals surface area (Å²) in [7, 11) is -0.212. The van der Waals surface area contributed by atoms with Crippen molar-refractivity contribution in [2.45, 2.75) is 230 Å². The van der Waals surface area contributed by atoms with Gasteiger partial charge in [-0.05, 0) is 0 Å². The van der Waals surface area contributed by atoms with Gasteiger partial charge in [0.15, 0.2) is 0 Å². The number of carbonyl (C=O) groups excluding carboxylic acids is 1. The van der Waals surface area contributed by atoms with Gasteiger partial charge in [0, 0.05) is 0 Å². The van der Waals surface area contributed by atoms with E-state index in [0.29, 0.717) is 13.2 Å². The van der Waals surface area contributed by atoms with E-state index >= 15 is 0 Å². The molecule has 4 rings (SSSR count). The minimum atomic E-state index is -3.40. The van der Waals surface area contributed by atoms with Gasteiger partial charge in [0.05, 0.1) is 7.11 Å². The molecule has 3 aliphatic carbocycles. The third-order valence-corrected chi connectivity index (χ3v) is 40.7. The van der Waals surface area contributed by atoms with Crippen LogP contribution < -0.4 is 4.74 Å². The Hall–Kier alpha value is -1.03. The Bertz CT molecular complexity index is 1290. The van der Waals surface area contributed by atoms with Crippen molar-refractivity contribution in [3.05, 3.63) is 42.0 Å². The van der Waals surface area contributed by atoms with Gasteiger partial charge in [-0.15, -0.1) is 0 Å². The summed E-state index contributed by atoms with van der Waals surface area (Å²) in [5.41, 5.74) is 2.41. The van der Waals surface area contributed by atoms with Gasteiger partial charge in [0.25, 0.3) is 0 Å². The first kappa shape index (κ1) is 48.6. The van der Waals surface area contributed by atoms with Crippen molar-refractivity contribution in [2.24, 2.45) is 5.92 Å². The van der Waals surface area contributed by atoms with Crippen LogP contribution in [0.1, 0.15) is 177 Å². The van der Waals surface area contributed by atoms with E-state index in [9.17, 15) is 4.79 Å². The van der Waals surface area contributed by atoms with E-state index in [-0.39, 0.29) is 39.4 Å². The van der Waals surface area contributed by atoms with Crippen LogP contribution in [-0.2, 0) is 20.5 Å². The molecule has 326 valence electrons. The van der Waals surface area contributed by atoms with E-state index in [1.54, 1.807) is 7.11 Å². The first-order valence-electron chi connectivity index (χ1n) is 23.5. The Balaban J connectivity index is 1.67. The van der Waals surface area contributed by atoms with Gasteiger partial charge in [0.2, 0.25) is 0 Å². The van der Waals surface area contributed by atoms with E-state index in [1.807, 2.05) is 17.0 Å². The summed E-state index contributed by atoms with van der Waals surface area (Å²) in [4.78, 5) is 16.6. The molecule has 0 aliphatic heterocycles. The summed E-state index contributed by atoms with van der Waals surface area (Å²) in [5.74, 6) is 1.09. The molecule has 0 unspecified atom stereocenters. The van der Waals surface area contributed by atoms with E-state index < -0.39 is 26.7 Å². The molecule has 3 fully saturated rings. The number of carbonyl (C=O) groups is 1. The Morgan fingerprint density at radius 1 is 0.807 bits per heavy atom. The molecule has 6 nitrogen and oxygen atoms in total. The third-order valence-electron chi connectivity index (χ3n) is 15.1. The Labute approximate surface area is 356 Å². The van der Waals surface area contributed by atoms with Crippen molar-refractivity contribution < 1.29 is 23.4 Å². The molecule has 0 heterocycles. The van der Waals surface area contributed by atoms with Crippen LogP contribution in [0.3, 0.4) is 0 Å². The van der Waals surface area contributed by atoms with Crippen molar-refractivity contribution in [2.75, 3.05) is 13.7 Å². The normalized spacial score (nSPS) is 20.0. The fourth-order valence-electron chi connectivity index (χ4n) is 10.9. The fourth-order valence-corrected chi connectivity index (χ4v) is 37.0. The first-order valence-corrected chi connectivity index (χ1v) is 33.0. The fraction of sp³-hybridized carbons (Fsp3) is 0.816. The van der Waals surface area contributed by atoms with Crippen LogP contribution in [0.15, 0.2) is 36.4 Å². The summed E-state index contributed by atoms with van der Waals surface area (Å²) in [6.45, 7) is 28.7. The second-order valence-corrected chi connectivity index (χ2v) is 40.1. The first-order chi connectivity index (χ1) is 27.0. The van der Waals surface area contributed by atoms with Gasteiger partial charge in [-0.1, -0.05) is 0 Å². The van der Waals surface area contributed by atoms with Crippen LogP contribution in [0.2, 0.25) is 29.9 Å². The van der Waals surface area contributed by atoms with Crippen molar-refractivity contribution in [1.29, 1.82) is 0 Å². The topological polar surface area (TPSA) is 57.2 Å². The molecule has 0 aromatic heterocycles. The van der Waals surface area contributed by atoms with Crippen LogP contribution in [0.25, 0.3) is 0 Å². The van der Waals surface area contributed by atoms with E-state index in [4.69, 9.17) is 25.2 Å². The van der Waals surface area contributed by atoms with Gasteiger partial charge < -0.3 is 4.74 Å². The monoisotopic (exact) mass is 918 g/mol. The number of benzene rings is 1. The molecule has 3 saturated carbocycles. The number of hydrogen-bond donors (Lipinski definition) is 0. The van der Waals surface area contributed by atoms with Gasteiger partial charge in [0.1, 0.15) is 0 Å². The van der Waals surface area contributed by atoms with Gasteiger partial charge in [-0.3, -0.25) is 0 Å². The van der Waals surface area contributed by atoms with Crippen LogP contribution in [0.4, 0.5) is 4.79 Å². The Morgan fingerprint density at radius 3 is 1.70 bits per heavy atom. The second kappa shape index (κ2) is 22.7. The van der Waals surface area contributed by atoms with Crippen molar-refractivity contribution in [1.82, 2.24) is 4.90 Å². The number of nitrogens with zero attached hydrogens (tertiary/aromatic N) is 1. The quantitative estimate of drug-likeness (QED) is 0.0963. The van der Waals surface area contributed by atoms with Gasteiger partial charge in [-0.2, -0.15) is 0 Å². The summed E-state index contributed by atoms with van der Waals surface area (Å²) in [5, 5.41) is 0.154. The molecule has 1 aromatic carbocycles. The number of rotatable bonds is 20. The number of amides is 1. The molecule has 8 heteroatoms. The maximum atomic E-state index is 14.6. The number of methoxy groups -OCH3 is 1. The predicted octanol–water partition coefficient (Wildman–Crippen LogP) is 14.6. The summed E-state index contributed by atoms with van der Waals surface area (Å²) >= 11 is -3.40. The SMILES string of the molecule is C=C(CC[C@H](OCc1ccc(OC)cc1)[C@@H](C)CO[Si](C)(C)C(C)(C)C)C[C@H](OC(=O)N(C(C)C)C(C)C)[Sn]([CH]1CCCCC1)([CH]1CCCCC1)[CH]1CCCCC1. The van der Waals surface area contributed by atoms with Crippen LogP contribution in [0.5, 0.6) is 5.75 Å². The molecule has 0 spiro atoms. The second-order valence-electron chi connectivity index (χ2n) is 20.7. The minimum absolute atomic E-state index is 0.0234. The van der Waals surface area contributed by atoms with Crippen molar-refractivity contribution in [3.63, 3.8) is 0 Å². The average Bonchev–Trinajstić information content (AvgIpc) is 3.18. The zero-order valence-electron chi connectivity index (χ0n) is 38.8. The van der Waals surface area contributed by atoms with E-state index in [1.165, 1.54) is 102 Å². The molecule has 3 atom stereocenters. The van der Waals surface area contributed by atoms with Gasteiger partial charge in [-0.25, -0.2) is 0 Å². The van der Waals surface area contributed by atoms with E-state index in [2.05, 4.69) is 80.6 Å². The molecule has 0 saturated heterocycles. The Kier molecular flexibility index (Phi) is 19.4. The number of ether oxygens (including phenoxy) is 3. The Morgan fingerprint density at radius 2 is 1.28 bits per heavy atom. The van der Waals surface area contributed by atoms with E-state index in [0.717, 1.165) is 42.4 Å². The predicted molar refractivity (Wildman–Crippen MR) is 246 cm³/mol. The molecule has 0 N–H and O–H groups in total. The molecule has 1 amide bonds. The van der Waals surface area contributed by atoms with Crippen LogP contribution >= 0.6 is 0 Å². The van der Waals surface area contributed by atoms with Crippen molar-refractivity contribution >= 4 is 32.8 Å². The summed E-state index contributed by atoms with van der Waals surface area (Å²) in [6.07, 6.45) is 23.0. The average molecular weight is 917 g/mol. The molecule has 1 aromatic rings. The maximum absolute atomic E-state index is 14.6. The third kappa shape index (κ3) is 13.2. The van der Waals surface area contributed by atoms with Gasteiger partial charge >= 0.3 is 346 Å².